The summed E-state index contributed by atoms with van der Waals surface area (Å²) < 4.78 is 17.0. The minimum Gasteiger partial charge on any atom is -0.445 e. The first-order valence-corrected chi connectivity index (χ1v) is 18.1. The minimum absolute atomic E-state index is 0.143. The summed E-state index contributed by atoms with van der Waals surface area (Å²) in [6.45, 7) is 2.97. The summed E-state index contributed by atoms with van der Waals surface area (Å²) in [5.41, 5.74) is 5.09. The number of ether oxygens (including phenoxy) is 2. The molecule has 12 heteroatoms. The molecule has 4 amide bonds. The molecule has 0 radical (unpaired) electrons. The second-order valence-electron chi connectivity index (χ2n) is 13.3. The zero-order chi connectivity index (χ0) is 37.4. The van der Waals surface area contributed by atoms with Crippen LogP contribution in [0.5, 0.6) is 0 Å². The van der Waals surface area contributed by atoms with Crippen LogP contribution in [-0.4, -0.2) is 64.0 Å². The molecular formula is C42H41N5O7. The SMILES string of the molecule is Cc1nc(-c2ccc(NC(=O)C3CCCN3C(=O)OCc3ccccc3)cc2)c(-c2ccc(NC(=O)C3CCCN3C(=O)OCc3ccccc3)cc2)o1. The molecule has 2 saturated heterocycles. The lowest BCUT2D eigenvalue weighted by atomic mass is 10.0. The summed E-state index contributed by atoms with van der Waals surface area (Å²) in [6, 6.07) is 32.1. The van der Waals surface area contributed by atoms with Gasteiger partial charge in [-0.25, -0.2) is 14.6 Å². The van der Waals surface area contributed by atoms with Crippen LogP contribution in [0.4, 0.5) is 21.0 Å². The van der Waals surface area contributed by atoms with Crippen molar-refractivity contribution in [2.24, 2.45) is 0 Å². The van der Waals surface area contributed by atoms with Crippen LogP contribution in [-0.2, 0) is 32.3 Å². The Kier molecular flexibility index (Phi) is 11.0. The second-order valence-corrected chi connectivity index (χ2v) is 13.3. The third kappa shape index (κ3) is 8.44. The van der Waals surface area contributed by atoms with Gasteiger partial charge in [-0.3, -0.25) is 19.4 Å². The molecule has 2 atom stereocenters. The molecule has 0 saturated carbocycles. The number of anilines is 2. The van der Waals surface area contributed by atoms with E-state index in [2.05, 4.69) is 15.6 Å². The predicted octanol–water partition coefficient (Wildman–Crippen LogP) is 7.80. The molecule has 0 aliphatic carbocycles. The van der Waals surface area contributed by atoms with Gasteiger partial charge in [0, 0.05) is 42.5 Å². The Labute approximate surface area is 313 Å². The third-order valence-corrected chi connectivity index (χ3v) is 9.56. The van der Waals surface area contributed by atoms with E-state index in [1.807, 2.05) is 84.9 Å². The molecule has 0 bridgehead atoms. The Balaban J connectivity index is 0.952. The number of aryl methyl sites for hydroxylation is 1. The first kappa shape index (κ1) is 36.0. The highest BCUT2D eigenvalue weighted by molar-refractivity contribution is 5.98. The highest BCUT2D eigenvalue weighted by Crippen LogP contribution is 2.34. The van der Waals surface area contributed by atoms with Gasteiger partial charge in [-0.1, -0.05) is 72.8 Å². The Hall–Kier alpha value is -6.43. The first-order chi connectivity index (χ1) is 26.3. The van der Waals surface area contributed by atoms with Gasteiger partial charge < -0.3 is 24.5 Å². The largest absolute Gasteiger partial charge is 0.445 e. The molecule has 2 aliphatic heterocycles. The minimum atomic E-state index is -0.622. The van der Waals surface area contributed by atoms with Crippen LogP contribution in [0.2, 0.25) is 0 Å². The maximum absolute atomic E-state index is 13.3. The number of nitrogens with one attached hydrogen (secondary N) is 2. The van der Waals surface area contributed by atoms with Gasteiger partial charge in [0.2, 0.25) is 11.8 Å². The van der Waals surface area contributed by atoms with Crippen LogP contribution >= 0.6 is 0 Å². The summed E-state index contributed by atoms with van der Waals surface area (Å²) in [5, 5.41) is 5.88. The van der Waals surface area contributed by atoms with Gasteiger partial charge in [-0.15, -0.1) is 0 Å². The van der Waals surface area contributed by atoms with Crippen molar-refractivity contribution in [3.8, 4) is 22.6 Å². The molecule has 1 aromatic heterocycles. The Bertz CT molecular complexity index is 1940. The van der Waals surface area contributed by atoms with Crippen molar-refractivity contribution in [1.29, 1.82) is 0 Å². The molecule has 3 heterocycles. The van der Waals surface area contributed by atoms with Gasteiger partial charge in [0.1, 0.15) is 31.0 Å². The summed E-state index contributed by atoms with van der Waals surface area (Å²) in [5.74, 6) is 0.492. The van der Waals surface area contributed by atoms with Gasteiger partial charge in [0.15, 0.2) is 11.7 Å². The van der Waals surface area contributed by atoms with Crippen molar-refractivity contribution in [1.82, 2.24) is 14.8 Å². The van der Waals surface area contributed by atoms with E-state index in [1.165, 1.54) is 9.80 Å². The average molecular weight is 728 g/mol. The normalized spacial score (nSPS) is 16.5. The van der Waals surface area contributed by atoms with E-state index in [4.69, 9.17) is 13.9 Å². The van der Waals surface area contributed by atoms with Gasteiger partial charge in [-0.05, 0) is 73.2 Å². The average Bonchev–Trinajstić information content (AvgIpc) is 3.98. The Morgan fingerprint density at radius 1 is 0.648 bits per heavy atom. The second kappa shape index (κ2) is 16.5. The van der Waals surface area contributed by atoms with Crippen molar-refractivity contribution in [3.05, 3.63) is 126 Å². The van der Waals surface area contributed by atoms with Crippen LogP contribution in [0.15, 0.2) is 114 Å². The number of oxazole rings is 1. The summed E-state index contributed by atoms with van der Waals surface area (Å²) in [7, 11) is 0. The van der Waals surface area contributed by atoms with E-state index < -0.39 is 24.3 Å². The maximum atomic E-state index is 13.3. The van der Waals surface area contributed by atoms with Crippen LogP contribution < -0.4 is 10.6 Å². The number of rotatable bonds is 10. The molecule has 5 aromatic rings. The quantitative estimate of drug-likeness (QED) is 0.148. The van der Waals surface area contributed by atoms with E-state index >= 15 is 0 Å². The smallest absolute Gasteiger partial charge is 0.410 e. The monoisotopic (exact) mass is 727 g/mol. The van der Waals surface area contributed by atoms with Gasteiger partial charge >= 0.3 is 12.2 Å². The van der Waals surface area contributed by atoms with Crippen molar-refractivity contribution in [3.63, 3.8) is 0 Å². The fraction of sp³-hybridized carbons (Fsp3) is 0.262. The zero-order valence-electron chi connectivity index (χ0n) is 29.9. The molecule has 7 rings (SSSR count). The van der Waals surface area contributed by atoms with Crippen LogP contribution in [0.3, 0.4) is 0 Å². The standard InChI is InChI=1S/C42H41N5O7/c1-28-43-37(31-16-20-33(21-17-31)44-39(48)35-14-8-24-46(35)41(50)52-26-29-10-4-2-5-11-29)38(54-28)32-18-22-34(23-19-32)45-40(49)36-15-9-25-47(36)42(51)53-27-30-12-6-3-7-13-30/h2-7,10-13,16-23,35-36H,8-9,14-15,24-27H2,1H3,(H,44,48)(H,45,49). The lowest BCUT2D eigenvalue weighted by Gasteiger charge is -2.23. The van der Waals surface area contributed by atoms with Crippen molar-refractivity contribution >= 4 is 35.4 Å². The maximum Gasteiger partial charge on any atom is 0.410 e. The molecular weight excluding hydrogens is 686 g/mol. The molecule has 276 valence electrons. The van der Waals surface area contributed by atoms with Gasteiger partial charge in [0.05, 0.1) is 0 Å². The number of hydrogen-bond donors (Lipinski definition) is 2. The van der Waals surface area contributed by atoms with Crippen LogP contribution in [0.1, 0.15) is 42.7 Å². The molecule has 2 N–H and O–H groups in total. The van der Waals surface area contributed by atoms with E-state index in [9.17, 15) is 19.2 Å². The van der Waals surface area contributed by atoms with E-state index in [-0.39, 0.29) is 25.0 Å². The van der Waals surface area contributed by atoms with E-state index in [0.29, 0.717) is 67.5 Å². The third-order valence-electron chi connectivity index (χ3n) is 9.56. The number of likely N-dealkylation sites (tertiary alicyclic amines) is 2. The number of hydrogen-bond acceptors (Lipinski definition) is 8. The van der Waals surface area contributed by atoms with Crippen molar-refractivity contribution < 1.29 is 33.1 Å². The van der Waals surface area contributed by atoms with Crippen LogP contribution in [0, 0.1) is 6.92 Å². The van der Waals surface area contributed by atoms with E-state index in [0.717, 1.165) is 22.3 Å². The molecule has 54 heavy (non-hydrogen) atoms. The Morgan fingerprint density at radius 3 is 1.56 bits per heavy atom. The van der Waals surface area contributed by atoms with Crippen molar-refractivity contribution in [2.45, 2.75) is 57.9 Å². The molecule has 2 aliphatic rings. The molecule has 12 nitrogen and oxygen atoms in total. The lowest BCUT2D eigenvalue weighted by Crippen LogP contribution is -2.43. The fourth-order valence-corrected chi connectivity index (χ4v) is 6.81. The number of carbonyl (C=O) groups excluding carboxylic acids is 4. The lowest BCUT2D eigenvalue weighted by molar-refractivity contribution is -0.120. The number of nitrogens with zero attached hydrogens (tertiary/aromatic N) is 3. The van der Waals surface area contributed by atoms with Gasteiger partial charge in [-0.2, -0.15) is 0 Å². The first-order valence-electron chi connectivity index (χ1n) is 18.1. The molecule has 4 aromatic carbocycles. The zero-order valence-corrected chi connectivity index (χ0v) is 29.9. The molecule has 2 fully saturated rings. The topological polar surface area (TPSA) is 143 Å². The fourth-order valence-electron chi connectivity index (χ4n) is 6.81. The predicted molar refractivity (Wildman–Crippen MR) is 202 cm³/mol. The number of benzene rings is 4. The summed E-state index contributed by atoms with van der Waals surface area (Å²) >= 11 is 0. The van der Waals surface area contributed by atoms with Gasteiger partial charge in [0.25, 0.3) is 0 Å². The van der Waals surface area contributed by atoms with Crippen LogP contribution in [0.25, 0.3) is 22.6 Å². The number of amides is 4. The summed E-state index contributed by atoms with van der Waals surface area (Å²) in [4.78, 5) is 59.8. The highest BCUT2D eigenvalue weighted by Gasteiger charge is 2.36. The number of carbonyl (C=O) groups is 4. The number of aromatic nitrogens is 1. The molecule has 2 unspecified atom stereocenters. The van der Waals surface area contributed by atoms with E-state index in [1.54, 1.807) is 31.2 Å². The highest BCUT2D eigenvalue weighted by atomic mass is 16.6. The molecule has 0 spiro atoms. The van der Waals surface area contributed by atoms with Crippen molar-refractivity contribution in [2.75, 3.05) is 23.7 Å². The summed E-state index contributed by atoms with van der Waals surface area (Å²) in [6.07, 6.45) is 1.52. The Morgan fingerprint density at radius 2 is 1.09 bits per heavy atom.